The van der Waals surface area contributed by atoms with Crippen LogP contribution in [0.25, 0.3) is 0 Å². The van der Waals surface area contributed by atoms with Gasteiger partial charge in [-0.05, 0) is 72.2 Å². The Kier molecular flexibility index (Phi) is 5.81. The fraction of sp³-hybridized carbons (Fsp3) is 0.821. The van der Waals surface area contributed by atoms with Gasteiger partial charge in [0.25, 0.3) is 0 Å². The van der Waals surface area contributed by atoms with Crippen molar-refractivity contribution in [2.75, 3.05) is 0 Å². The number of rotatable bonds is 4. The molecule has 0 aromatic rings. The van der Waals surface area contributed by atoms with Crippen molar-refractivity contribution in [1.29, 1.82) is 0 Å². The zero-order valence-corrected chi connectivity index (χ0v) is 21.8. The SMILES string of the molecule is CC(C[C@@H](C)C1CC(=O)[C@@]2(C)C3=C(C(=O)CC12C)C1(C)CCC(O)C(C)(C)C1CC3O)C(=O)O. The van der Waals surface area contributed by atoms with Gasteiger partial charge >= 0.3 is 5.97 Å². The van der Waals surface area contributed by atoms with Gasteiger partial charge in [0, 0.05) is 18.4 Å². The van der Waals surface area contributed by atoms with Crippen LogP contribution in [-0.2, 0) is 14.4 Å². The summed E-state index contributed by atoms with van der Waals surface area (Å²) in [6.07, 6.45) is 1.29. The van der Waals surface area contributed by atoms with Crippen LogP contribution in [-0.4, -0.2) is 45.1 Å². The van der Waals surface area contributed by atoms with Crippen LogP contribution in [0.15, 0.2) is 11.1 Å². The molecule has 3 N–H and O–H groups in total. The summed E-state index contributed by atoms with van der Waals surface area (Å²) in [6, 6.07) is 0. The Morgan fingerprint density at radius 3 is 2.29 bits per heavy atom. The number of aliphatic carboxylic acids is 1. The second-order valence-corrected chi connectivity index (χ2v) is 13.2. The Labute approximate surface area is 203 Å². The van der Waals surface area contributed by atoms with Gasteiger partial charge in [0.1, 0.15) is 5.78 Å². The number of Topliss-reactive ketones (excluding diaryl/α,β-unsaturated/α-hetero) is 2. The van der Waals surface area contributed by atoms with Gasteiger partial charge in [0.05, 0.1) is 23.5 Å². The number of carbonyl (C=O) groups excluding carboxylic acids is 2. The monoisotopic (exact) mass is 474 g/mol. The average Bonchev–Trinajstić information content (AvgIpc) is 2.93. The molecule has 0 radical (unpaired) electrons. The lowest BCUT2D eigenvalue weighted by atomic mass is 9.42. The fourth-order valence-corrected chi connectivity index (χ4v) is 8.92. The molecule has 190 valence electrons. The number of hydrogen-bond acceptors (Lipinski definition) is 5. The van der Waals surface area contributed by atoms with Crippen molar-refractivity contribution in [3.63, 3.8) is 0 Å². The van der Waals surface area contributed by atoms with Crippen LogP contribution in [0.2, 0.25) is 0 Å². The van der Waals surface area contributed by atoms with E-state index < -0.39 is 45.8 Å². The molecule has 2 fully saturated rings. The third-order valence-corrected chi connectivity index (χ3v) is 11.2. The molecule has 0 spiro atoms. The van der Waals surface area contributed by atoms with Crippen LogP contribution >= 0.6 is 0 Å². The summed E-state index contributed by atoms with van der Waals surface area (Å²) < 4.78 is 0. The second-order valence-electron chi connectivity index (χ2n) is 13.2. The second kappa shape index (κ2) is 7.73. The van der Waals surface area contributed by atoms with Gasteiger partial charge in [-0.1, -0.05) is 41.5 Å². The summed E-state index contributed by atoms with van der Waals surface area (Å²) in [4.78, 5) is 39.3. The van der Waals surface area contributed by atoms with E-state index in [0.717, 1.165) is 0 Å². The van der Waals surface area contributed by atoms with Crippen LogP contribution < -0.4 is 0 Å². The minimum absolute atomic E-state index is 0.0200. The van der Waals surface area contributed by atoms with Crippen LogP contribution in [0, 0.1) is 45.3 Å². The number of hydrogen-bond donors (Lipinski definition) is 3. The van der Waals surface area contributed by atoms with Crippen molar-refractivity contribution in [1.82, 2.24) is 0 Å². The van der Waals surface area contributed by atoms with Gasteiger partial charge in [-0.15, -0.1) is 0 Å². The lowest BCUT2D eigenvalue weighted by Gasteiger charge is -2.61. The number of allylic oxidation sites excluding steroid dienone is 1. The number of aliphatic hydroxyl groups is 2. The van der Waals surface area contributed by atoms with Crippen molar-refractivity contribution in [2.45, 2.75) is 99.2 Å². The Balaban J connectivity index is 1.84. The Morgan fingerprint density at radius 1 is 1.09 bits per heavy atom. The Bertz CT molecular complexity index is 964. The summed E-state index contributed by atoms with van der Waals surface area (Å²) in [5.74, 6) is -1.51. The number of ketones is 2. The maximum atomic E-state index is 14.0. The molecule has 0 aromatic carbocycles. The van der Waals surface area contributed by atoms with Gasteiger partial charge < -0.3 is 15.3 Å². The normalized spacial score (nSPS) is 45.3. The predicted octanol–water partition coefficient (Wildman–Crippen LogP) is 4.17. The smallest absolute Gasteiger partial charge is 0.306 e. The molecule has 4 aliphatic carbocycles. The van der Waals surface area contributed by atoms with E-state index in [-0.39, 0.29) is 35.7 Å². The highest BCUT2D eigenvalue weighted by Crippen LogP contribution is 2.70. The molecule has 7 unspecified atom stereocenters. The van der Waals surface area contributed by atoms with E-state index in [2.05, 4.69) is 6.92 Å². The average molecular weight is 475 g/mol. The largest absolute Gasteiger partial charge is 0.481 e. The predicted molar refractivity (Wildman–Crippen MR) is 128 cm³/mol. The fourth-order valence-electron chi connectivity index (χ4n) is 8.92. The highest BCUT2D eigenvalue weighted by molar-refractivity contribution is 6.05. The molecule has 9 atom stereocenters. The van der Waals surface area contributed by atoms with Gasteiger partial charge in [-0.25, -0.2) is 0 Å². The number of carboxylic acids is 1. The molecule has 4 aliphatic rings. The Hall–Kier alpha value is -1.53. The van der Waals surface area contributed by atoms with E-state index in [9.17, 15) is 29.7 Å². The molecule has 0 aromatic heterocycles. The van der Waals surface area contributed by atoms with Crippen molar-refractivity contribution >= 4 is 17.5 Å². The molecule has 0 heterocycles. The van der Waals surface area contributed by atoms with Gasteiger partial charge in [-0.2, -0.15) is 0 Å². The van der Waals surface area contributed by atoms with Crippen molar-refractivity contribution in [2.24, 2.45) is 45.3 Å². The summed E-state index contributed by atoms with van der Waals surface area (Å²) in [7, 11) is 0. The topological polar surface area (TPSA) is 112 Å². The van der Waals surface area contributed by atoms with Crippen molar-refractivity contribution in [3.8, 4) is 0 Å². The van der Waals surface area contributed by atoms with E-state index in [1.807, 2.05) is 34.6 Å². The first-order valence-corrected chi connectivity index (χ1v) is 12.9. The highest BCUT2D eigenvalue weighted by atomic mass is 16.4. The molecule has 2 saturated carbocycles. The number of carbonyl (C=O) groups is 3. The minimum Gasteiger partial charge on any atom is -0.481 e. The number of carboxylic acid groups (broad SMARTS) is 1. The summed E-state index contributed by atoms with van der Waals surface area (Å²) in [6.45, 7) is 13.8. The first kappa shape index (κ1) is 25.6. The van der Waals surface area contributed by atoms with E-state index in [4.69, 9.17) is 0 Å². The zero-order valence-electron chi connectivity index (χ0n) is 21.8. The van der Waals surface area contributed by atoms with E-state index in [0.29, 0.717) is 43.3 Å². The van der Waals surface area contributed by atoms with Crippen LogP contribution in [0.5, 0.6) is 0 Å². The third kappa shape index (κ3) is 3.09. The van der Waals surface area contributed by atoms with E-state index >= 15 is 0 Å². The van der Waals surface area contributed by atoms with Crippen LogP contribution in [0.4, 0.5) is 0 Å². The minimum atomic E-state index is -0.949. The van der Waals surface area contributed by atoms with Crippen LogP contribution in [0.3, 0.4) is 0 Å². The molecule has 6 heteroatoms. The lowest BCUT2D eigenvalue weighted by Crippen LogP contribution is -2.60. The number of fused-ring (bicyclic) bond motifs is 4. The van der Waals surface area contributed by atoms with Gasteiger partial charge in [-0.3, -0.25) is 14.4 Å². The molecule has 6 nitrogen and oxygen atoms in total. The first-order chi connectivity index (χ1) is 15.5. The molecule has 34 heavy (non-hydrogen) atoms. The van der Waals surface area contributed by atoms with E-state index in [1.54, 1.807) is 6.92 Å². The van der Waals surface area contributed by atoms with Gasteiger partial charge in [0.2, 0.25) is 0 Å². The highest BCUT2D eigenvalue weighted by Gasteiger charge is 2.70. The van der Waals surface area contributed by atoms with E-state index in [1.165, 1.54) is 0 Å². The first-order valence-electron chi connectivity index (χ1n) is 12.9. The zero-order chi connectivity index (χ0) is 25.6. The lowest BCUT2D eigenvalue weighted by molar-refractivity contribution is -0.144. The quantitative estimate of drug-likeness (QED) is 0.564. The third-order valence-electron chi connectivity index (χ3n) is 11.2. The molecule has 0 saturated heterocycles. The molecule has 0 amide bonds. The number of aliphatic hydroxyl groups excluding tert-OH is 2. The molecular weight excluding hydrogens is 432 g/mol. The summed E-state index contributed by atoms with van der Waals surface area (Å²) in [5, 5.41) is 31.7. The van der Waals surface area contributed by atoms with Gasteiger partial charge in [0.15, 0.2) is 5.78 Å². The van der Waals surface area contributed by atoms with Crippen molar-refractivity contribution < 1.29 is 29.7 Å². The molecule has 0 bridgehead atoms. The molecule has 4 rings (SSSR count). The summed E-state index contributed by atoms with van der Waals surface area (Å²) in [5.41, 5.74) is -1.26. The summed E-state index contributed by atoms with van der Waals surface area (Å²) >= 11 is 0. The standard InChI is InChI=1S/C28H42O6/c1-14(10-15(2)24(33)34)16-11-21(32)28(7)23-17(29)12-19-25(3,4)20(31)8-9-26(19,5)22(23)18(30)13-27(16,28)6/h14-17,19-20,29,31H,8-13H2,1-7H3,(H,33,34)/t14-,15?,16?,17?,19?,20?,26?,27?,28+/m1/s1. The van der Waals surface area contributed by atoms with Crippen LogP contribution in [0.1, 0.15) is 87.0 Å². The molecule has 0 aliphatic heterocycles. The molecular formula is C28H42O6. The van der Waals surface area contributed by atoms with Crippen molar-refractivity contribution in [3.05, 3.63) is 11.1 Å². The maximum absolute atomic E-state index is 14.0. The maximum Gasteiger partial charge on any atom is 0.306 e. The Morgan fingerprint density at radius 2 is 1.71 bits per heavy atom.